The van der Waals surface area contributed by atoms with Gasteiger partial charge in [0.15, 0.2) is 0 Å². The normalized spacial score (nSPS) is 35.2. The molecule has 2 fully saturated rings. The van der Waals surface area contributed by atoms with Crippen LogP contribution in [0.1, 0.15) is 51.9 Å². The van der Waals surface area contributed by atoms with Crippen LogP contribution in [-0.2, 0) is 9.59 Å². The molecule has 1 saturated carbocycles. The molecule has 2 amide bonds. The maximum Gasteiger partial charge on any atom is 0.229 e. The highest BCUT2D eigenvalue weighted by atomic mass is 16.2. The van der Waals surface area contributed by atoms with Crippen LogP contribution < -0.4 is 5.73 Å². The van der Waals surface area contributed by atoms with Crippen LogP contribution >= 0.6 is 0 Å². The maximum absolute atomic E-state index is 12.1. The number of amides is 2. The van der Waals surface area contributed by atoms with Crippen LogP contribution in [0.15, 0.2) is 0 Å². The highest BCUT2D eigenvalue weighted by molar-refractivity contribution is 5.98. The molecule has 0 radical (unpaired) electrons. The lowest BCUT2D eigenvalue weighted by Crippen LogP contribution is -2.64. The molecule has 0 spiro atoms. The summed E-state index contributed by atoms with van der Waals surface area (Å²) in [6.07, 6.45) is 5.89. The van der Waals surface area contributed by atoms with Crippen LogP contribution in [0.4, 0.5) is 0 Å². The van der Waals surface area contributed by atoms with Crippen LogP contribution in [0.2, 0.25) is 0 Å². The summed E-state index contributed by atoms with van der Waals surface area (Å²) in [5.74, 6) is 0.299. The van der Waals surface area contributed by atoms with Crippen molar-refractivity contribution in [1.82, 2.24) is 4.90 Å². The predicted molar refractivity (Wildman–Crippen MR) is 65.1 cm³/mol. The Labute approximate surface area is 103 Å². The monoisotopic (exact) mass is 238 g/mol. The molecule has 4 nitrogen and oxygen atoms in total. The highest BCUT2D eigenvalue weighted by Crippen LogP contribution is 2.39. The summed E-state index contributed by atoms with van der Waals surface area (Å²) in [5.41, 5.74) is 5.54. The summed E-state index contributed by atoms with van der Waals surface area (Å²) in [6.45, 7) is 2.53. The van der Waals surface area contributed by atoms with Crippen molar-refractivity contribution in [3.8, 4) is 0 Å². The van der Waals surface area contributed by atoms with Crippen molar-refractivity contribution in [2.75, 3.05) is 6.54 Å². The van der Waals surface area contributed by atoms with Crippen molar-refractivity contribution >= 4 is 11.8 Å². The summed E-state index contributed by atoms with van der Waals surface area (Å²) in [6, 6.07) is 0. The Kier molecular flexibility index (Phi) is 3.52. The third-order valence-electron chi connectivity index (χ3n) is 4.49. The Morgan fingerprint density at radius 3 is 2.41 bits per heavy atom. The van der Waals surface area contributed by atoms with E-state index in [1.54, 1.807) is 0 Å². The van der Waals surface area contributed by atoms with Crippen molar-refractivity contribution in [2.24, 2.45) is 11.7 Å². The second kappa shape index (κ2) is 4.77. The van der Waals surface area contributed by atoms with Crippen LogP contribution in [0, 0.1) is 5.92 Å². The standard InChI is InChI=1S/C13H22N2O2/c1-10-5-2-3-8-13(10,9-14)15-11(16)6-4-7-12(15)17/h10H,2-9,14H2,1H3. The van der Waals surface area contributed by atoms with Gasteiger partial charge in [0.05, 0.1) is 5.54 Å². The first-order chi connectivity index (χ1) is 8.12. The van der Waals surface area contributed by atoms with Crippen LogP contribution in [-0.4, -0.2) is 28.8 Å². The molecular formula is C13H22N2O2. The van der Waals surface area contributed by atoms with Gasteiger partial charge in [-0.15, -0.1) is 0 Å². The number of hydrogen-bond donors (Lipinski definition) is 1. The van der Waals surface area contributed by atoms with Gasteiger partial charge >= 0.3 is 0 Å². The number of nitrogens with two attached hydrogens (primary N) is 1. The van der Waals surface area contributed by atoms with Gasteiger partial charge in [0.2, 0.25) is 11.8 Å². The molecule has 0 bridgehead atoms. The number of carbonyl (C=O) groups excluding carboxylic acids is 2. The van der Waals surface area contributed by atoms with E-state index in [0.29, 0.717) is 31.7 Å². The molecule has 2 N–H and O–H groups in total. The molecule has 17 heavy (non-hydrogen) atoms. The van der Waals surface area contributed by atoms with Gasteiger partial charge in [-0.2, -0.15) is 0 Å². The minimum atomic E-state index is -0.396. The average molecular weight is 238 g/mol. The molecule has 1 heterocycles. The predicted octanol–water partition coefficient (Wildman–Crippen LogP) is 1.43. The van der Waals surface area contributed by atoms with Crippen molar-refractivity contribution in [1.29, 1.82) is 0 Å². The van der Waals surface area contributed by atoms with Crippen LogP contribution in [0.5, 0.6) is 0 Å². The zero-order valence-corrected chi connectivity index (χ0v) is 10.6. The number of likely N-dealkylation sites (tertiary alicyclic amines) is 1. The first-order valence-corrected chi connectivity index (χ1v) is 6.68. The number of nitrogens with zero attached hydrogens (tertiary/aromatic N) is 1. The Hall–Kier alpha value is -0.900. The van der Waals surface area contributed by atoms with Gasteiger partial charge in [-0.25, -0.2) is 0 Å². The topological polar surface area (TPSA) is 63.4 Å². The Bertz CT molecular complexity index is 313. The smallest absolute Gasteiger partial charge is 0.229 e. The summed E-state index contributed by atoms with van der Waals surface area (Å²) >= 11 is 0. The van der Waals surface area contributed by atoms with Gasteiger partial charge in [0, 0.05) is 19.4 Å². The molecule has 0 aromatic carbocycles. The Balaban J connectivity index is 2.31. The van der Waals surface area contributed by atoms with Crippen LogP contribution in [0.3, 0.4) is 0 Å². The zero-order valence-electron chi connectivity index (χ0n) is 10.6. The number of rotatable bonds is 2. The quantitative estimate of drug-likeness (QED) is 0.740. The number of piperidine rings is 1. The molecule has 1 saturated heterocycles. The van der Waals surface area contributed by atoms with Gasteiger partial charge in [-0.1, -0.05) is 19.8 Å². The minimum Gasteiger partial charge on any atom is -0.328 e. The van der Waals surface area contributed by atoms with Crippen molar-refractivity contribution in [2.45, 2.75) is 57.4 Å². The summed E-state index contributed by atoms with van der Waals surface area (Å²) in [5, 5.41) is 0. The molecule has 2 aliphatic rings. The fraction of sp³-hybridized carbons (Fsp3) is 0.846. The molecule has 1 aliphatic carbocycles. The SMILES string of the molecule is CC1CCCCC1(CN)N1C(=O)CCCC1=O. The lowest BCUT2D eigenvalue weighted by Gasteiger charge is -2.49. The average Bonchev–Trinajstić information content (AvgIpc) is 2.31. The lowest BCUT2D eigenvalue weighted by atomic mass is 9.71. The second-order valence-corrected chi connectivity index (χ2v) is 5.43. The molecule has 1 aliphatic heterocycles. The van der Waals surface area contributed by atoms with E-state index < -0.39 is 5.54 Å². The molecule has 2 unspecified atom stereocenters. The van der Waals surface area contributed by atoms with E-state index in [0.717, 1.165) is 19.3 Å². The summed E-state index contributed by atoms with van der Waals surface area (Å²) < 4.78 is 0. The minimum absolute atomic E-state index is 0.0135. The Morgan fingerprint density at radius 1 is 1.24 bits per heavy atom. The molecule has 96 valence electrons. The fourth-order valence-corrected chi connectivity index (χ4v) is 3.37. The van der Waals surface area contributed by atoms with Gasteiger partial charge < -0.3 is 5.73 Å². The summed E-state index contributed by atoms with van der Waals surface area (Å²) in [7, 11) is 0. The molecule has 0 aromatic rings. The van der Waals surface area contributed by atoms with Gasteiger partial charge in [-0.05, 0) is 25.2 Å². The van der Waals surface area contributed by atoms with Crippen molar-refractivity contribution in [3.05, 3.63) is 0 Å². The van der Waals surface area contributed by atoms with E-state index in [1.165, 1.54) is 11.3 Å². The van der Waals surface area contributed by atoms with E-state index in [4.69, 9.17) is 5.73 Å². The molecule has 2 rings (SSSR count). The first kappa shape index (κ1) is 12.6. The van der Waals surface area contributed by atoms with Gasteiger partial charge in [0.1, 0.15) is 0 Å². The van der Waals surface area contributed by atoms with E-state index in [-0.39, 0.29) is 11.8 Å². The first-order valence-electron chi connectivity index (χ1n) is 6.68. The van der Waals surface area contributed by atoms with Crippen LogP contribution in [0.25, 0.3) is 0 Å². The van der Waals surface area contributed by atoms with E-state index in [1.807, 2.05) is 0 Å². The number of imide groups is 1. The van der Waals surface area contributed by atoms with Gasteiger partial charge in [0.25, 0.3) is 0 Å². The maximum atomic E-state index is 12.1. The van der Waals surface area contributed by atoms with E-state index >= 15 is 0 Å². The highest BCUT2D eigenvalue weighted by Gasteiger charge is 2.48. The largest absolute Gasteiger partial charge is 0.328 e. The van der Waals surface area contributed by atoms with Crippen molar-refractivity contribution in [3.63, 3.8) is 0 Å². The number of carbonyl (C=O) groups is 2. The lowest BCUT2D eigenvalue weighted by molar-refractivity contribution is -0.159. The van der Waals surface area contributed by atoms with E-state index in [2.05, 4.69) is 6.92 Å². The van der Waals surface area contributed by atoms with Gasteiger partial charge in [-0.3, -0.25) is 14.5 Å². The molecule has 2 atom stereocenters. The molecule has 4 heteroatoms. The fourth-order valence-electron chi connectivity index (χ4n) is 3.37. The zero-order chi connectivity index (χ0) is 12.5. The third-order valence-corrected chi connectivity index (χ3v) is 4.49. The molecular weight excluding hydrogens is 216 g/mol. The summed E-state index contributed by atoms with van der Waals surface area (Å²) in [4.78, 5) is 25.7. The number of hydrogen-bond acceptors (Lipinski definition) is 3. The molecule has 0 aromatic heterocycles. The van der Waals surface area contributed by atoms with Crippen molar-refractivity contribution < 1.29 is 9.59 Å². The Morgan fingerprint density at radius 2 is 1.88 bits per heavy atom. The van der Waals surface area contributed by atoms with E-state index in [9.17, 15) is 9.59 Å². The second-order valence-electron chi connectivity index (χ2n) is 5.43. The third kappa shape index (κ3) is 1.99.